The molecule has 2 atom stereocenters. The van der Waals surface area contributed by atoms with E-state index in [1.54, 1.807) is 5.55 Å². The molecule has 0 aromatic carbocycles. The quantitative estimate of drug-likeness (QED) is 0.542. The molecule has 1 nitrogen and oxygen atoms in total. The summed E-state index contributed by atoms with van der Waals surface area (Å²) in [6.45, 7) is 2.05. The molecular weight excluding hydrogens is 161 g/mol. The maximum Gasteiger partial charge on any atom is 0.134 e. The molecule has 1 heterocycles. The fraction of sp³-hybridized carbons (Fsp3) is 0.375. The first-order valence-corrected chi connectivity index (χ1v) is 4.43. The standard InChI is InChI=1S/C8H8FNS/c1-5-2-3-6(9)8-7(5)10-4-11-8/h2-5,7H,1H3. The van der Waals surface area contributed by atoms with Crippen LogP contribution in [0.3, 0.4) is 0 Å². The highest BCUT2D eigenvalue weighted by Gasteiger charge is 2.28. The Labute approximate surface area is 69.1 Å². The molecule has 11 heavy (non-hydrogen) atoms. The van der Waals surface area contributed by atoms with Gasteiger partial charge in [-0.05, 0) is 6.08 Å². The van der Waals surface area contributed by atoms with Crippen LogP contribution in [0.15, 0.2) is 27.9 Å². The topological polar surface area (TPSA) is 12.4 Å². The van der Waals surface area contributed by atoms with Crippen molar-refractivity contribution in [2.75, 3.05) is 0 Å². The average Bonchev–Trinajstić information content (AvgIpc) is 2.45. The van der Waals surface area contributed by atoms with E-state index in [4.69, 9.17) is 0 Å². The van der Waals surface area contributed by atoms with Crippen molar-refractivity contribution < 1.29 is 4.39 Å². The molecule has 2 rings (SSSR count). The number of hydrogen-bond donors (Lipinski definition) is 0. The Hall–Kier alpha value is -0.570. The SMILES string of the molecule is CC1C=CC(F)=C2SC=NC21. The Bertz CT molecular complexity index is 267. The second-order valence-corrected chi connectivity index (χ2v) is 3.63. The number of thioether (sulfide) groups is 1. The van der Waals surface area contributed by atoms with Crippen molar-refractivity contribution in [2.24, 2.45) is 10.9 Å². The summed E-state index contributed by atoms with van der Waals surface area (Å²) >= 11 is 1.40. The van der Waals surface area contributed by atoms with Gasteiger partial charge in [0.05, 0.1) is 16.5 Å². The Morgan fingerprint density at radius 3 is 3.18 bits per heavy atom. The molecule has 0 aromatic heterocycles. The first kappa shape index (κ1) is 7.10. The van der Waals surface area contributed by atoms with E-state index in [1.165, 1.54) is 17.8 Å². The lowest BCUT2D eigenvalue weighted by Gasteiger charge is -2.18. The minimum absolute atomic E-state index is 0.0602. The number of fused-ring (bicyclic) bond motifs is 1. The number of aliphatic imine (C=N–C) groups is 1. The Kier molecular flexibility index (Phi) is 1.60. The van der Waals surface area contributed by atoms with Crippen LogP contribution in [0.2, 0.25) is 0 Å². The van der Waals surface area contributed by atoms with Crippen LogP contribution in [-0.2, 0) is 0 Å². The van der Waals surface area contributed by atoms with Gasteiger partial charge in [-0.2, -0.15) is 0 Å². The van der Waals surface area contributed by atoms with E-state index < -0.39 is 0 Å². The van der Waals surface area contributed by atoms with Gasteiger partial charge in [-0.1, -0.05) is 24.8 Å². The Morgan fingerprint density at radius 1 is 1.64 bits per heavy atom. The van der Waals surface area contributed by atoms with Crippen LogP contribution in [0.25, 0.3) is 0 Å². The van der Waals surface area contributed by atoms with Crippen molar-refractivity contribution in [2.45, 2.75) is 13.0 Å². The number of halogens is 1. The summed E-state index contributed by atoms with van der Waals surface area (Å²) in [5.74, 6) is 0.228. The zero-order valence-electron chi connectivity index (χ0n) is 6.12. The average molecular weight is 169 g/mol. The molecule has 3 heteroatoms. The zero-order valence-corrected chi connectivity index (χ0v) is 6.94. The van der Waals surface area contributed by atoms with E-state index in [1.807, 2.05) is 6.08 Å². The maximum absolute atomic E-state index is 13.0. The van der Waals surface area contributed by atoms with Crippen molar-refractivity contribution in [3.63, 3.8) is 0 Å². The third-order valence-corrected chi connectivity index (χ3v) is 2.87. The molecule has 1 aliphatic carbocycles. The summed E-state index contributed by atoms with van der Waals surface area (Å²) in [6, 6.07) is 0.0602. The van der Waals surface area contributed by atoms with Gasteiger partial charge < -0.3 is 0 Å². The Balaban J connectivity index is 2.39. The predicted molar refractivity (Wildman–Crippen MR) is 46.3 cm³/mol. The number of allylic oxidation sites excluding steroid dienone is 2. The molecule has 0 amide bonds. The molecule has 0 saturated carbocycles. The summed E-state index contributed by atoms with van der Waals surface area (Å²) in [7, 11) is 0. The van der Waals surface area contributed by atoms with E-state index in [0.717, 1.165) is 4.91 Å². The van der Waals surface area contributed by atoms with Crippen LogP contribution in [0.5, 0.6) is 0 Å². The highest BCUT2D eigenvalue weighted by atomic mass is 32.2. The van der Waals surface area contributed by atoms with Crippen LogP contribution < -0.4 is 0 Å². The summed E-state index contributed by atoms with van der Waals surface area (Å²) in [5.41, 5.74) is 1.73. The minimum Gasteiger partial charge on any atom is -0.277 e. The van der Waals surface area contributed by atoms with Gasteiger partial charge in [-0.25, -0.2) is 4.39 Å². The summed E-state index contributed by atoms with van der Waals surface area (Å²) in [6.07, 6.45) is 3.41. The molecule has 58 valence electrons. The molecule has 0 bridgehead atoms. The van der Waals surface area contributed by atoms with Crippen LogP contribution in [0.1, 0.15) is 6.92 Å². The zero-order chi connectivity index (χ0) is 7.84. The fourth-order valence-electron chi connectivity index (χ4n) is 1.29. The van der Waals surface area contributed by atoms with Crippen molar-refractivity contribution in [1.29, 1.82) is 0 Å². The van der Waals surface area contributed by atoms with Crippen LogP contribution in [0, 0.1) is 5.92 Å². The molecule has 2 unspecified atom stereocenters. The van der Waals surface area contributed by atoms with E-state index >= 15 is 0 Å². The van der Waals surface area contributed by atoms with Gasteiger partial charge in [0.25, 0.3) is 0 Å². The number of rotatable bonds is 0. The predicted octanol–water partition coefficient (Wildman–Crippen LogP) is 2.52. The van der Waals surface area contributed by atoms with Crippen molar-refractivity contribution >= 4 is 17.3 Å². The summed E-state index contributed by atoms with van der Waals surface area (Å²) < 4.78 is 13.0. The first-order chi connectivity index (χ1) is 5.29. The molecule has 0 saturated heterocycles. The van der Waals surface area contributed by atoms with Crippen molar-refractivity contribution in [1.82, 2.24) is 0 Å². The molecule has 1 aliphatic heterocycles. The monoisotopic (exact) mass is 169 g/mol. The third-order valence-electron chi connectivity index (χ3n) is 1.95. The Morgan fingerprint density at radius 2 is 2.45 bits per heavy atom. The molecule has 0 N–H and O–H groups in total. The van der Waals surface area contributed by atoms with Crippen LogP contribution >= 0.6 is 11.8 Å². The second-order valence-electron chi connectivity index (χ2n) is 2.75. The van der Waals surface area contributed by atoms with Gasteiger partial charge in [-0.15, -0.1) is 0 Å². The van der Waals surface area contributed by atoms with E-state index in [0.29, 0.717) is 5.92 Å². The summed E-state index contributed by atoms with van der Waals surface area (Å²) in [4.78, 5) is 4.96. The molecule has 0 radical (unpaired) electrons. The third kappa shape index (κ3) is 1.03. The highest BCUT2D eigenvalue weighted by Crippen LogP contribution is 2.37. The molecular formula is C8H8FNS. The van der Waals surface area contributed by atoms with Gasteiger partial charge in [0, 0.05) is 5.92 Å². The normalized spacial score (nSPS) is 34.7. The van der Waals surface area contributed by atoms with E-state index in [9.17, 15) is 4.39 Å². The van der Waals surface area contributed by atoms with Crippen LogP contribution in [0.4, 0.5) is 4.39 Å². The maximum atomic E-state index is 13.0. The lowest BCUT2D eigenvalue weighted by molar-refractivity contribution is 0.573. The molecule has 0 spiro atoms. The van der Waals surface area contributed by atoms with E-state index in [-0.39, 0.29) is 11.9 Å². The van der Waals surface area contributed by atoms with Gasteiger partial charge in [0.2, 0.25) is 0 Å². The highest BCUT2D eigenvalue weighted by molar-refractivity contribution is 8.15. The van der Waals surface area contributed by atoms with Crippen molar-refractivity contribution in [3.8, 4) is 0 Å². The summed E-state index contributed by atoms with van der Waals surface area (Å²) in [5, 5.41) is 0. The van der Waals surface area contributed by atoms with Gasteiger partial charge >= 0.3 is 0 Å². The number of hydrogen-bond acceptors (Lipinski definition) is 2. The van der Waals surface area contributed by atoms with Crippen molar-refractivity contribution in [3.05, 3.63) is 22.9 Å². The first-order valence-electron chi connectivity index (χ1n) is 3.55. The largest absolute Gasteiger partial charge is 0.277 e. The smallest absolute Gasteiger partial charge is 0.134 e. The van der Waals surface area contributed by atoms with Gasteiger partial charge in [0.1, 0.15) is 5.83 Å². The second kappa shape index (κ2) is 2.48. The van der Waals surface area contributed by atoms with Crippen LogP contribution in [-0.4, -0.2) is 11.6 Å². The van der Waals surface area contributed by atoms with Gasteiger partial charge in [-0.3, -0.25) is 4.99 Å². The minimum atomic E-state index is -0.115. The molecule has 0 aromatic rings. The molecule has 2 aliphatic rings. The number of nitrogens with zero attached hydrogens (tertiary/aromatic N) is 1. The van der Waals surface area contributed by atoms with E-state index in [2.05, 4.69) is 11.9 Å². The fourth-order valence-corrected chi connectivity index (χ4v) is 2.19. The van der Waals surface area contributed by atoms with Gasteiger partial charge in [0.15, 0.2) is 0 Å². The lowest BCUT2D eigenvalue weighted by Crippen LogP contribution is -2.15. The molecule has 0 fully saturated rings. The lowest BCUT2D eigenvalue weighted by atomic mass is 9.97.